The van der Waals surface area contributed by atoms with Crippen LogP contribution in [0.15, 0.2) is 24.3 Å². The lowest BCUT2D eigenvalue weighted by Gasteiger charge is -2.34. The van der Waals surface area contributed by atoms with Crippen molar-refractivity contribution >= 4 is 5.91 Å². The van der Waals surface area contributed by atoms with Crippen LogP contribution < -0.4 is 5.32 Å². The van der Waals surface area contributed by atoms with E-state index in [0.717, 1.165) is 12.8 Å². The van der Waals surface area contributed by atoms with Crippen molar-refractivity contribution in [3.05, 3.63) is 35.6 Å². The fourth-order valence-corrected chi connectivity index (χ4v) is 2.41. The molecule has 0 spiro atoms. The van der Waals surface area contributed by atoms with Gasteiger partial charge in [0, 0.05) is 5.56 Å². The third-order valence-corrected chi connectivity index (χ3v) is 3.80. The quantitative estimate of drug-likeness (QED) is 0.888. The maximum absolute atomic E-state index is 12.8. The number of carbonyl (C=O) groups excluding carboxylic acids is 1. The summed E-state index contributed by atoms with van der Waals surface area (Å²) in [6.07, 6.45) is 3.24. The molecule has 1 N–H and O–H groups in total. The van der Waals surface area contributed by atoms with Crippen molar-refractivity contribution in [2.24, 2.45) is 5.92 Å². The number of amides is 1. The summed E-state index contributed by atoms with van der Waals surface area (Å²) in [5.74, 6) is -0.0849. The molecule has 1 amide bonds. The van der Waals surface area contributed by atoms with E-state index in [4.69, 9.17) is 0 Å². The highest BCUT2D eigenvalue weighted by Gasteiger charge is 2.35. The molecule has 1 saturated carbocycles. The van der Waals surface area contributed by atoms with Crippen molar-refractivity contribution in [1.82, 2.24) is 5.32 Å². The van der Waals surface area contributed by atoms with Gasteiger partial charge in [-0.15, -0.1) is 0 Å². The maximum Gasteiger partial charge on any atom is 0.252 e. The van der Waals surface area contributed by atoms with Gasteiger partial charge in [-0.25, -0.2) is 4.39 Å². The summed E-state index contributed by atoms with van der Waals surface area (Å²) in [4.78, 5) is 12.1. The molecule has 0 heterocycles. The molecule has 0 aliphatic heterocycles. The van der Waals surface area contributed by atoms with Crippen LogP contribution in [-0.2, 0) is 0 Å². The minimum Gasteiger partial charge on any atom is -0.334 e. The third-order valence-electron chi connectivity index (χ3n) is 3.80. The summed E-state index contributed by atoms with van der Waals surface area (Å²) in [6, 6.07) is 7.60. The molecular formula is C15H17FN2O. The number of benzene rings is 1. The van der Waals surface area contributed by atoms with Gasteiger partial charge in [-0.1, -0.05) is 6.92 Å². The Balaban J connectivity index is 2.09. The van der Waals surface area contributed by atoms with Crippen LogP contribution in [0.5, 0.6) is 0 Å². The molecule has 0 aromatic heterocycles. The molecule has 1 aliphatic carbocycles. The molecule has 0 saturated heterocycles. The lowest BCUT2D eigenvalue weighted by Crippen LogP contribution is -2.49. The van der Waals surface area contributed by atoms with Crippen LogP contribution in [0.4, 0.5) is 4.39 Å². The molecule has 3 nitrogen and oxygen atoms in total. The Labute approximate surface area is 112 Å². The number of hydrogen-bond donors (Lipinski definition) is 1. The molecule has 1 aromatic carbocycles. The monoisotopic (exact) mass is 260 g/mol. The Morgan fingerprint density at radius 2 is 1.95 bits per heavy atom. The highest BCUT2D eigenvalue weighted by atomic mass is 19.1. The first-order valence-corrected chi connectivity index (χ1v) is 6.54. The number of carbonyl (C=O) groups is 1. The van der Waals surface area contributed by atoms with Crippen LogP contribution >= 0.6 is 0 Å². The summed E-state index contributed by atoms with van der Waals surface area (Å²) >= 11 is 0. The number of nitrogens with zero attached hydrogens (tertiary/aromatic N) is 1. The van der Waals surface area contributed by atoms with Crippen LogP contribution in [0.2, 0.25) is 0 Å². The van der Waals surface area contributed by atoms with E-state index in [2.05, 4.69) is 18.3 Å². The summed E-state index contributed by atoms with van der Waals surface area (Å²) < 4.78 is 12.8. The van der Waals surface area contributed by atoms with Crippen LogP contribution in [0.1, 0.15) is 43.0 Å². The number of nitriles is 1. The molecule has 0 atom stereocenters. The zero-order valence-corrected chi connectivity index (χ0v) is 10.9. The van der Waals surface area contributed by atoms with Crippen molar-refractivity contribution in [3.63, 3.8) is 0 Å². The second-order valence-corrected chi connectivity index (χ2v) is 5.34. The molecule has 0 unspecified atom stereocenters. The predicted octanol–water partition coefficient (Wildman–Crippen LogP) is 3.03. The molecule has 1 aliphatic rings. The highest BCUT2D eigenvalue weighted by molar-refractivity contribution is 5.94. The Morgan fingerprint density at radius 3 is 2.47 bits per heavy atom. The Bertz CT molecular complexity index is 496. The smallest absolute Gasteiger partial charge is 0.252 e. The highest BCUT2D eigenvalue weighted by Crippen LogP contribution is 2.31. The van der Waals surface area contributed by atoms with Crippen molar-refractivity contribution in [1.29, 1.82) is 5.26 Å². The first-order valence-electron chi connectivity index (χ1n) is 6.54. The van der Waals surface area contributed by atoms with E-state index in [1.54, 1.807) is 0 Å². The van der Waals surface area contributed by atoms with Crippen molar-refractivity contribution in [3.8, 4) is 6.07 Å². The predicted molar refractivity (Wildman–Crippen MR) is 69.8 cm³/mol. The maximum atomic E-state index is 12.8. The van der Waals surface area contributed by atoms with Gasteiger partial charge in [-0.2, -0.15) is 5.26 Å². The van der Waals surface area contributed by atoms with Crippen LogP contribution in [0.3, 0.4) is 0 Å². The van der Waals surface area contributed by atoms with Crippen LogP contribution in [0.25, 0.3) is 0 Å². The summed E-state index contributed by atoms with van der Waals surface area (Å²) in [5, 5.41) is 12.2. The first-order chi connectivity index (χ1) is 9.04. The molecule has 4 heteroatoms. The molecule has 1 fully saturated rings. The van der Waals surface area contributed by atoms with Gasteiger partial charge in [-0.3, -0.25) is 4.79 Å². The van der Waals surface area contributed by atoms with E-state index < -0.39 is 5.54 Å². The normalized spacial score (nSPS) is 26.5. The molecule has 2 rings (SSSR count). The summed E-state index contributed by atoms with van der Waals surface area (Å²) in [5.41, 5.74) is -0.382. The Morgan fingerprint density at radius 1 is 1.37 bits per heavy atom. The average Bonchev–Trinajstić information content (AvgIpc) is 2.42. The van der Waals surface area contributed by atoms with E-state index >= 15 is 0 Å². The van der Waals surface area contributed by atoms with Crippen molar-refractivity contribution in [2.45, 2.75) is 38.1 Å². The van der Waals surface area contributed by atoms with E-state index in [9.17, 15) is 14.4 Å². The van der Waals surface area contributed by atoms with E-state index in [1.807, 2.05) is 0 Å². The average molecular weight is 260 g/mol. The van der Waals surface area contributed by atoms with E-state index in [1.165, 1.54) is 24.3 Å². The molecule has 0 bridgehead atoms. The van der Waals surface area contributed by atoms with Gasteiger partial charge in [0.05, 0.1) is 6.07 Å². The number of nitrogens with one attached hydrogen (secondary N) is 1. The lowest BCUT2D eigenvalue weighted by molar-refractivity contribution is 0.0894. The second kappa shape index (κ2) is 5.40. The Kier molecular flexibility index (Phi) is 3.84. The van der Waals surface area contributed by atoms with Gasteiger partial charge in [-0.05, 0) is 55.9 Å². The largest absolute Gasteiger partial charge is 0.334 e. The molecule has 19 heavy (non-hydrogen) atoms. The molecule has 1 aromatic rings. The van der Waals surface area contributed by atoms with Crippen LogP contribution in [0, 0.1) is 23.1 Å². The van der Waals surface area contributed by atoms with Gasteiger partial charge < -0.3 is 5.32 Å². The van der Waals surface area contributed by atoms with E-state index in [0.29, 0.717) is 24.3 Å². The van der Waals surface area contributed by atoms with E-state index in [-0.39, 0.29) is 11.7 Å². The zero-order chi connectivity index (χ0) is 13.9. The number of rotatable bonds is 2. The molecule has 100 valence electrons. The minimum atomic E-state index is -0.766. The third kappa shape index (κ3) is 3.11. The van der Waals surface area contributed by atoms with Crippen molar-refractivity contribution in [2.75, 3.05) is 0 Å². The first kappa shape index (κ1) is 13.5. The van der Waals surface area contributed by atoms with Crippen molar-refractivity contribution < 1.29 is 9.18 Å². The minimum absolute atomic E-state index is 0.309. The zero-order valence-electron chi connectivity index (χ0n) is 10.9. The van der Waals surface area contributed by atoms with Crippen LogP contribution in [-0.4, -0.2) is 11.4 Å². The van der Waals surface area contributed by atoms with Gasteiger partial charge >= 0.3 is 0 Å². The standard InChI is InChI=1S/C15H17FN2O/c1-11-6-8-15(10-17,9-7-11)18-14(19)12-2-4-13(16)5-3-12/h2-5,11H,6-9H2,1H3,(H,18,19). The molecular weight excluding hydrogens is 243 g/mol. The number of hydrogen-bond acceptors (Lipinski definition) is 2. The van der Waals surface area contributed by atoms with Gasteiger partial charge in [0.1, 0.15) is 11.4 Å². The SMILES string of the molecule is CC1CCC(C#N)(NC(=O)c2ccc(F)cc2)CC1. The summed E-state index contributed by atoms with van der Waals surface area (Å²) in [6.45, 7) is 2.16. The number of halogens is 1. The molecule has 0 radical (unpaired) electrons. The van der Waals surface area contributed by atoms with Gasteiger partial charge in [0.15, 0.2) is 0 Å². The van der Waals surface area contributed by atoms with Gasteiger partial charge in [0.25, 0.3) is 5.91 Å². The topological polar surface area (TPSA) is 52.9 Å². The fourth-order valence-electron chi connectivity index (χ4n) is 2.41. The lowest BCUT2D eigenvalue weighted by atomic mass is 9.78. The fraction of sp³-hybridized carbons (Fsp3) is 0.467. The van der Waals surface area contributed by atoms with Gasteiger partial charge in [0.2, 0.25) is 0 Å². The Hall–Kier alpha value is -1.89. The second-order valence-electron chi connectivity index (χ2n) is 5.34. The summed E-state index contributed by atoms with van der Waals surface area (Å²) in [7, 11) is 0.